The SMILES string of the molecule is COC(=O)C(N)CSCCOCC(F)(F)F. The Morgan fingerprint density at radius 3 is 2.62 bits per heavy atom. The van der Waals surface area contributed by atoms with Gasteiger partial charge < -0.3 is 15.2 Å². The number of esters is 1. The summed E-state index contributed by atoms with van der Waals surface area (Å²) in [7, 11) is 1.22. The second kappa shape index (κ2) is 7.75. The van der Waals surface area contributed by atoms with E-state index in [9.17, 15) is 18.0 Å². The first-order valence-electron chi connectivity index (χ1n) is 4.42. The van der Waals surface area contributed by atoms with Gasteiger partial charge in [-0.25, -0.2) is 0 Å². The van der Waals surface area contributed by atoms with Gasteiger partial charge in [0, 0.05) is 11.5 Å². The fraction of sp³-hybridized carbons (Fsp3) is 0.875. The maximum atomic E-state index is 11.6. The van der Waals surface area contributed by atoms with Gasteiger partial charge in [0.15, 0.2) is 0 Å². The zero-order valence-electron chi connectivity index (χ0n) is 8.75. The van der Waals surface area contributed by atoms with Crippen LogP contribution < -0.4 is 5.73 Å². The molecule has 0 bridgehead atoms. The zero-order chi connectivity index (χ0) is 12.6. The number of nitrogens with two attached hydrogens (primary N) is 1. The number of alkyl halides is 3. The Labute approximate surface area is 95.6 Å². The van der Waals surface area contributed by atoms with Gasteiger partial charge in [0.2, 0.25) is 0 Å². The van der Waals surface area contributed by atoms with Crippen molar-refractivity contribution in [3.05, 3.63) is 0 Å². The largest absolute Gasteiger partial charge is 0.468 e. The normalized spacial score (nSPS) is 13.6. The molecule has 0 rings (SSSR count). The van der Waals surface area contributed by atoms with Crippen LogP contribution in [0.1, 0.15) is 0 Å². The highest BCUT2D eigenvalue weighted by Crippen LogP contribution is 2.14. The number of hydrogen-bond donors (Lipinski definition) is 1. The first-order valence-corrected chi connectivity index (χ1v) is 5.58. The van der Waals surface area contributed by atoms with Gasteiger partial charge >= 0.3 is 12.1 Å². The minimum Gasteiger partial charge on any atom is -0.468 e. The van der Waals surface area contributed by atoms with Gasteiger partial charge in [-0.2, -0.15) is 24.9 Å². The highest BCUT2D eigenvalue weighted by atomic mass is 32.2. The van der Waals surface area contributed by atoms with Crippen molar-refractivity contribution in [2.75, 3.05) is 31.8 Å². The number of methoxy groups -OCH3 is 1. The predicted octanol–water partition coefficient (Wildman–Crippen LogP) is 0.799. The summed E-state index contributed by atoms with van der Waals surface area (Å²) in [4.78, 5) is 10.8. The van der Waals surface area contributed by atoms with Gasteiger partial charge in [-0.3, -0.25) is 4.79 Å². The van der Waals surface area contributed by atoms with Crippen LogP contribution in [0.15, 0.2) is 0 Å². The van der Waals surface area contributed by atoms with Crippen LogP contribution in [0.4, 0.5) is 13.2 Å². The van der Waals surface area contributed by atoms with E-state index in [1.54, 1.807) is 0 Å². The van der Waals surface area contributed by atoms with Crippen molar-refractivity contribution in [3.8, 4) is 0 Å². The lowest BCUT2D eigenvalue weighted by Crippen LogP contribution is -2.34. The molecule has 0 radical (unpaired) electrons. The van der Waals surface area contributed by atoms with Crippen molar-refractivity contribution < 1.29 is 27.4 Å². The van der Waals surface area contributed by atoms with Crippen LogP contribution in [0, 0.1) is 0 Å². The van der Waals surface area contributed by atoms with Crippen molar-refractivity contribution in [3.63, 3.8) is 0 Å². The lowest BCUT2D eigenvalue weighted by atomic mass is 10.4. The molecule has 0 heterocycles. The molecule has 0 aliphatic heterocycles. The molecule has 0 saturated heterocycles. The van der Waals surface area contributed by atoms with E-state index in [-0.39, 0.29) is 6.61 Å². The molecule has 0 aromatic carbocycles. The van der Waals surface area contributed by atoms with E-state index in [0.29, 0.717) is 11.5 Å². The Hall–Kier alpha value is -0.470. The van der Waals surface area contributed by atoms with Gasteiger partial charge in [-0.05, 0) is 0 Å². The summed E-state index contributed by atoms with van der Waals surface area (Å²) in [5.74, 6) is 0.103. The minimum atomic E-state index is -4.30. The van der Waals surface area contributed by atoms with Crippen molar-refractivity contribution in [1.82, 2.24) is 0 Å². The van der Waals surface area contributed by atoms with Crippen LogP contribution in [-0.2, 0) is 14.3 Å². The molecule has 0 aliphatic rings. The van der Waals surface area contributed by atoms with Gasteiger partial charge in [0.1, 0.15) is 12.6 Å². The first-order chi connectivity index (χ1) is 7.37. The summed E-state index contributed by atoms with van der Waals surface area (Å²) in [6, 6.07) is -0.752. The van der Waals surface area contributed by atoms with E-state index < -0.39 is 24.8 Å². The molecular weight excluding hydrogens is 247 g/mol. The van der Waals surface area contributed by atoms with Crippen LogP contribution >= 0.6 is 11.8 Å². The average molecular weight is 261 g/mol. The van der Waals surface area contributed by atoms with E-state index in [1.165, 1.54) is 18.9 Å². The molecule has 2 N–H and O–H groups in total. The van der Waals surface area contributed by atoms with E-state index in [0.717, 1.165) is 0 Å². The predicted molar refractivity (Wildman–Crippen MR) is 54.2 cm³/mol. The average Bonchev–Trinajstić information content (AvgIpc) is 2.20. The van der Waals surface area contributed by atoms with Crippen molar-refractivity contribution in [2.45, 2.75) is 12.2 Å². The fourth-order valence-electron chi connectivity index (χ4n) is 0.735. The smallest absolute Gasteiger partial charge is 0.411 e. The summed E-state index contributed by atoms with van der Waals surface area (Å²) in [5.41, 5.74) is 5.40. The third-order valence-corrected chi connectivity index (χ3v) is 2.49. The maximum absolute atomic E-state index is 11.6. The first kappa shape index (κ1) is 15.5. The molecule has 0 fully saturated rings. The Balaban J connectivity index is 3.37. The van der Waals surface area contributed by atoms with Crippen LogP contribution in [0.3, 0.4) is 0 Å². The second-order valence-corrected chi connectivity index (χ2v) is 4.02. The molecule has 16 heavy (non-hydrogen) atoms. The number of hydrogen-bond acceptors (Lipinski definition) is 5. The van der Waals surface area contributed by atoms with E-state index in [1.807, 2.05) is 0 Å². The molecule has 4 nitrogen and oxygen atoms in total. The van der Waals surface area contributed by atoms with Crippen molar-refractivity contribution >= 4 is 17.7 Å². The molecular formula is C8H14F3NO3S. The zero-order valence-corrected chi connectivity index (χ0v) is 9.57. The molecule has 0 spiro atoms. The summed E-state index contributed by atoms with van der Waals surface area (Å²) >= 11 is 1.24. The molecule has 0 aliphatic carbocycles. The minimum absolute atomic E-state index is 0.0297. The molecule has 1 atom stereocenters. The quantitative estimate of drug-likeness (QED) is 0.542. The third kappa shape index (κ3) is 8.81. The lowest BCUT2D eigenvalue weighted by Gasteiger charge is -2.09. The molecule has 1 unspecified atom stereocenters. The van der Waals surface area contributed by atoms with Gasteiger partial charge in [0.25, 0.3) is 0 Å². The standard InChI is InChI=1S/C8H14F3NO3S/c1-14-7(13)6(12)4-16-3-2-15-5-8(9,10)11/h6H,2-5,12H2,1H3. The summed E-state index contributed by atoms with van der Waals surface area (Å²) in [5, 5.41) is 0. The Bertz CT molecular complexity index is 213. The second-order valence-electron chi connectivity index (χ2n) is 2.87. The summed E-state index contributed by atoms with van der Waals surface area (Å²) in [6.07, 6.45) is -4.30. The lowest BCUT2D eigenvalue weighted by molar-refractivity contribution is -0.172. The number of carbonyl (C=O) groups excluding carboxylic acids is 1. The topological polar surface area (TPSA) is 61.5 Å². The molecule has 8 heteroatoms. The molecule has 0 saturated carbocycles. The molecule has 0 amide bonds. The highest BCUT2D eigenvalue weighted by molar-refractivity contribution is 7.99. The van der Waals surface area contributed by atoms with Gasteiger partial charge in [-0.15, -0.1) is 0 Å². The van der Waals surface area contributed by atoms with Crippen LogP contribution in [-0.4, -0.2) is 50.0 Å². The molecule has 0 aromatic rings. The third-order valence-electron chi connectivity index (χ3n) is 1.44. The monoisotopic (exact) mass is 261 g/mol. The Kier molecular flexibility index (Phi) is 7.52. The highest BCUT2D eigenvalue weighted by Gasteiger charge is 2.27. The maximum Gasteiger partial charge on any atom is 0.411 e. The Morgan fingerprint density at radius 1 is 1.50 bits per heavy atom. The van der Waals surface area contributed by atoms with Crippen LogP contribution in [0.2, 0.25) is 0 Å². The summed E-state index contributed by atoms with van der Waals surface area (Å²) in [6.45, 7) is -1.28. The number of halogens is 3. The molecule has 0 aromatic heterocycles. The van der Waals surface area contributed by atoms with Gasteiger partial charge in [-0.1, -0.05) is 0 Å². The van der Waals surface area contributed by atoms with Crippen molar-refractivity contribution in [1.29, 1.82) is 0 Å². The Morgan fingerprint density at radius 2 is 2.12 bits per heavy atom. The van der Waals surface area contributed by atoms with Crippen LogP contribution in [0.25, 0.3) is 0 Å². The fourth-order valence-corrected chi connectivity index (χ4v) is 1.53. The van der Waals surface area contributed by atoms with Gasteiger partial charge in [0.05, 0.1) is 13.7 Å². The number of rotatable bonds is 7. The summed E-state index contributed by atoms with van der Waals surface area (Å²) < 4.78 is 43.6. The van der Waals surface area contributed by atoms with E-state index in [4.69, 9.17) is 5.73 Å². The van der Waals surface area contributed by atoms with Crippen LogP contribution in [0.5, 0.6) is 0 Å². The number of thioether (sulfide) groups is 1. The number of ether oxygens (including phenoxy) is 2. The van der Waals surface area contributed by atoms with E-state index >= 15 is 0 Å². The molecule has 96 valence electrons. The number of carbonyl (C=O) groups is 1. The van der Waals surface area contributed by atoms with E-state index in [2.05, 4.69) is 9.47 Å². The van der Waals surface area contributed by atoms with Crippen molar-refractivity contribution in [2.24, 2.45) is 5.73 Å².